The molecule has 0 aromatic carbocycles. The molecule has 1 aromatic heterocycles. The van der Waals surface area contributed by atoms with Gasteiger partial charge in [-0.25, -0.2) is 4.98 Å². The van der Waals surface area contributed by atoms with E-state index in [4.69, 9.17) is 21.1 Å². The first-order chi connectivity index (χ1) is 7.72. The Hall–Kier alpha value is -0.870. The highest BCUT2D eigenvalue weighted by Gasteiger charge is 2.00. The third kappa shape index (κ3) is 5.28. The summed E-state index contributed by atoms with van der Waals surface area (Å²) in [7, 11) is 0. The molecule has 0 bridgehead atoms. The van der Waals surface area contributed by atoms with Gasteiger partial charge in [0.1, 0.15) is 6.61 Å². The number of unbranched alkanes of at least 4 members (excludes halogenated alkanes) is 1. The van der Waals surface area contributed by atoms with E-state index >= 15 is 0 Å². The minimum atomic E-state index is 0.210. The van der Waals surface area contributed by atoms with Gasteiger partial charge in [0.05, 0.1) is 6.61 Å². The first-order valence-electron chi connectivity index (χ1n) is 5.44. The minimum absolute atomic E-state index is 0.210. The summed E-state index contributed by atoms with van der Waals surface area (Å²) in [5.74, 6) is 0.497. The first kappa shape index (κ1) is 13.2. The second-order valence-corrected chi connectivity index (χ2v) is 3.77. The zero-order valence-electron chi connectivity index (χ0n) is 9.70. The van der Waals surface area contributed by atoms with Crippen LogP contribution < -0.4 is 4.74 Å². The number of aryl methyl sites for hydroxylation is 1. The molecule has 0 atom stereocenters. The lowest BCUT2D eigenvalue weighted by molar-refractivity contribution is 0.0964. The highest BCUT2D eigenvalue weighted by molar-refractivity contribution is 6.28. The van der Waals surface area contributed by atoms with Gasteiger partial charge in [0, 0.05) is 18.4 Å². The van der Waals surface area contributed by atoms with Gasteiger partial charge in [-0.15, -0.1) is 0 Å². The van der Waals surface area contributed by atoms with Crippen LogP contribution in [0.5, 0.6) is 5.88 Å². The molecule has 1 rings (SSSR count). The highest BCUT2D eigenvalue weighted by Crippen LogP contribution is 2.11. The zero-order chi connectivity index (χ0) is 11.8. The van der Waals surface area contributed by atoms with Crippen LogP contribution in [0.4, 0.5) is 0 Å². The summed E-state index contributed by atoms with van der Waals surface area (Å²) in [4.78, 5) is 7.89. The highest BCUT2D eigenvalue weighted by atomic mass is 35.5. The Kier molecular flexibility index (Phi) is 6.11. The third-order valence-electron chi connectivity index (χ3n) is 1.92. The fourth-order valence-corrected chi connectivity index (χ4v) is 1.35. The van der Waals surface area contributed by atoms with Gasteiger partial charge >= 0.3 is 0 Å². The molecule has 0 aliphatic rings. The molecular formula is C11H17ClN2O2. The summed E-state index contributed by atoms with van der Waals surface area (Å²) in [6.45, 7) is 5.81. The van der Waals surface area contributed by atoms with E-state index in [1.54, 1.807) is 6.07 Å². The van der Waals surface area contributed by atoms with Crippen LogP contribution in [-0.4, -0.2) is 29.8 Å². The maximum atomic E-state index is 5.70. The molecule has 0 N–H and O–H groups in total. The summed E-state index contributed by atoms with van der Waals surface area (Å²) in [6.07, 6.45) is 2.22. The maximum absolute atomic E-state index is 5.70. The van der Waals surface area contributed by atoms with Crippen LogP contribution in [-0.2, 0) is 4.74 Å². The van der Waals surface area contributed by atoms with E-state index in [9.17, 15) is 0 Å². The molecule has 0 aliphatic heterocycles. The van der Waals surface area contributed by atoms with Gasteiger partial charge in [-0.05, 0) is 24.9 Å². The summed E-state index contributed by atoms with van der Waals surface area (Å²) in [5, 5.41) is 0.210. The van der Waals surface area contributed by atoms with Crippen LogP contribution in [0.1, 0.15) is 25.5 Å². The molecular weight excluding hydrogens is 228 g/mol. The average molecular weight is 245 g/mol. The SMILES string of the molecule is CCCCOCCOc1cc(C)nc(Cl)n1. The van der Waals surface area contributed by atoms with Crippen molar-refractivity contribution in [2.75, 3.05) is 19.8 Å². The fourth-order valence-electron chi connectivity index (χ4n) is 1.13. The van der Waals surface area contributed by atoms with Crippen molar-refractivity contribution in [2.45, 2.75) is 26.7 Å². The average Bonchev–Trinajstić information content (AvgIpc) is 2.22. The number of nitrogens with zero attached hydrogens (tertiary/aromatic N) is 2. The molecule has 0 radical (unpaired) electrons. The molecule has 0 spiro atoms. The van der Waals surface area contributed by atoms with Gasteiger partial charge in [-0.1, -0.05) is 13.3 Å². The third-order valence-corrected chi connectivity index (χ3v) is 2.09. The van der Waals surface area contributed by atoms with E-state index in [1.807, 2.05) is 6.92 Å². The van der Waals surface area contributed by atoms with Gasteiger partial charge in [0.25, 0.3) is 0 Å². The van der Waals surface area contributed by atoms with Crippen molar-refractivity contribution >= 4 is 11.6 Å². The Labute approximate surface area is 101 Å². The molecule has 0 fully saturated rings. The molecule has 0 aliphatic carbocycles. The van der Waals surface area contributed by atoms with Crippen molar-refractivity contribution in [3.63, 3.8) is 0 Å². The Bertz CT molecular complexity index is 301. The molecule has 0 unspecified atom stereocenters. The normalized spacial score (nSPS) is 10.4. The molecule has 5 heteroatoms. The molecule has 16 heavy (non-hydrogen) atoms. The minimum Gasteiger partial charge on any atom is -0.475 e. The number of halogens is 1. The van der Waals surface area contributed by atoms with E-state index in [0.29, 0.717) is 19.1 Å². The predicted octanol–water partition coefficient (Wildman–Crippen LogP) is 2.63. The van der Waals surface area contributed by atoms with Crippen molar-refractivity contribution < 1.29 is 9.47 Å². The molecule has 1 aromatic rings. The molecule has 0 saturated carbocycles. The van der Waals surface area contributed by atoms with Gasteiger partial charge in [-0.3, -0.25) is 0 Å². The van der Waals surface area contributed by atoms with Crippen LogP contribution >= 0.6 is 11.6 Å². The largest absolute Gasteiger partial charge is 0.475 e. The lowest BCUT2D eigenvalue weighted by atomic mass is 10.4. The van der Waals surface area contributed by atoms with Gasteiger partial charge in [0.2, 0.25) is 11.2 Å². The fraction of sp³-hybridized carbons (Fsp3) is 0.636. The Morgan fingerprint density at radius 1 is 1.25 bits per heavy atom. The van der Waals surface area contributed by atoms with Crippen LogP contribution in [0.2, 0.25) is 5.28 Å². The second kappa shape index (κ2) is 7.41. The topological polar surface area (TPSA) is 44.2 Å². The number of hydrogen-bond donors (Lipinski definition) is 0. The maximum Gasteiger partial charge on any atom is 0.225 e. The van der Waals surface area contributed by atoms with Crippen LogP contribution in [0.3, 0.4) is 0 Å². The van der Waals surface area contributed by atoms with E-state index in [-0.39, 0.29) is 5.28 Å². The number of hydrogen-bond acceptors (Lipinski definition) is 4. The smallest absolute Gasteiger partial charge is 0.225 e. The van der Waals surface area contributed by atoms with Crippen LogP contribution in [0.15, 0.2) is 6.07 Å². The summed E-state index contributed by atoms with van der Waals surface area (Å²) < 4.78 is 10.7. The lowest BCUT2D eigenvalue weighted by Gasteiger charge is -2.06. The quantitative estimate of drug-likeness (QED) is 0.546. The molecule has 0 saturated heterocycles. The van der Waals surface area contributed by atoms with Crippen LogP contribution in [0.25, 0.3) is 0 Å². The monoisotopic (exact) mass is 244 g/mol. The van der Waals surface area contributed by atoms with Crippen molar-refractivity contribution in [1.82, 2.24) is 9.97 Å². The number of rotatable bonds is 7. The predicted molar refractivity (Wildman–Crippen MR) is 63.0 cm³/mol. The standard InChI is InChI=1S/C11H17ClN2O2/c1-3-4-5-15-6-7-16-10-8-9(2)13-11(12)14-10/h8H,3-7H2,1-2H3. The Balaban J connectivity index is 2.21. The molecule has 90 valence electrons. The number of aromatic nitrogens is 2. The molecule has 0 amide bonds. The van der Waals surface area contributed by atoms with Crippen LogP contribution in [0, 0.1) is 6.92 Å². The van der Waals surface area contributed by atoms with E-state index < -0.39 is 0 Å². The number of ether oxygens (including phenoxy) is 2. The molecule has 4 nitrogen and oxygen atoms in total. The van der Waals surface area contributed by atoms with Gasteiger partial charge < -0.3 is 9.47 Å². The van der Waals surface area contributed by atoms with Crippen molar-refractivity contribution in [1.29, 1.82) is 0 Å². The summed E-state index contributed by atoms with van der Waals surface area (Å²) in [6, 6.07) is 1.75. The van der Waals surface area contributed by atoms with Crippen molar-refractivity contribution in [3.8, 4) is 5.88 Å². The van der Waals surface area contributed by atoms with Crippen molar-refractivity contribution in [2.24, 2.45) is 0 Å². The second-order valence-electron chi connectivity index (χ2n) is 3.43. The first-order valence-corrected chi connectivity index (χ1v) is 5.82. The summed E-state index contributed by atoms with van der Waals surface area (Å²) in [5.41, 5.74) is 0.793. The Morgan fingerprint density at radius 2 is 2.06 bits per heavy atom. The van der Waals surface area contributed by atoms with E-state index in [1.165, 1.54) is 0 Å². The lowest BCUT2D eigenvalue weighted by Crippen LogP contribution is -2.08. The van der Waals surface area contributed by atoms with Gasteiger partial charge in [0.15, 0.2) is 0 Å². The summed E-state index contributed by atoms with van der Waals surface area (Å²) >= 11 is 5.70. The van der Waals surface area contributed by atoms with Gasteiger partial charge in [-0.2, -0.15) is 4.98 Å². The zero-order valence-corrected chi connectivity index (χ0v) is 10.5. The Morgan fingerprint density at radius 3 is 2.75 bits per heavy atom. The molecule has 1 heterocycles. The van der Waals surface area contributed by atoms with E-state index in [0.717, 1.165) is 25.1 Å². The van der Waals surface area contributed by atoms with Crippen molar-refractivity contribution in [3.05, 3.63) is 17.0 Å². The van der Waals surface area contributed by atoms with E-state index in [2.05, 4.69) is 16.9 Å².